The number of carboxylic acid groups (broad SMARTS) is 1. The molecule has 0 saturated heterocycles. The van der Waals surface area contributed by atoms with Crippen molar-refractivity contribution in [3.63, 3.8) is 0 Å². The smallest absolute Gasteiger partial charge is 0.394 e. The van der Waals surface area contributed by atoms with Crippen LogP contribution in [0.15, 0.2) is 0 Å². The van der Waals surface area contributed by atoms with Gasteiger partial charge in [-0.1, -0.05) is 0 Å². The summed E-state index contributed by atoms with van der Waals surface area (Å²) in [4.78, 5) is 10.2. The quantitative estimate of drug-likeness (QED) is 0.0975. The third kappa shape index (κ3) is 29.4. The fourth-order valence-electron chi connectivity index (χ4n) is 0.669. The molecule has 113 valence electrons. The molecule has 0 spiro atoms. The Morgan fingerprint density at radius 3 is 2.06 bits per heavy atom. The van der Waals surface area contributed by atoms with E-state index in [9.17, 15) is 4.79 Å². The Morgan fingerprint density at radius 2 is 1.78 bits per heavy atom. The van der Waals surface area contributed by atoms with Crippen molar-refractivity contribution >= 4 is 22.3 Å². The van der Waals surface area contributed by atoms with Gasteiger partial charge >= 0.3 is 16.4 Å². The molecule has 0 heterocycles. The Morgan fingerprint density at radius 1 is 1.39 bits per heavy atom. The molecule has 0 aromatic carbocycles. The van der Waals surface area contributed by atoms with Gasteiger partial charge in [0.25, 0.3) is 0 Å². The second kappa shape index (κ2) is 11.2. The molecule has 0 rings (SSSR count). The second-order valence-electron chi connectivity index (χ2n) is 2.88. The normalized spacial score (nSPS) is 11.3. The molecule has 10 nitrogen and oxygen atoms in total. The zero-order chi connectivity index (χ0) is 14.1. The Bertz CT molecular complexity index is 340. The molecular weight excluding hydrogens is 320 g/mol. The Balaban J connectivity index is -0.000000321. The summed E-state index contributed by atoms with van der Waals surface area (Å²) >= 11 is 0. The molecule has 1 radical (unpaired) electrons. The molecule has 0 saturated carbocycles. The van der Waals surface area contributed by atoms with E-state index in [1.807, 2.05) is 0 Å². The van der Waals surface area contributed by atoms with Crippen molar-refractivity contribution < 1.29 is 44.5 Å². The van der Waals surface area contributed by atoms with Gasteiger partial charge in [0, 0.05) is 23.6 Å². The van der Waals surface area contributed by atoms with Gasteiger partial charge in [0.2, 0.25) is 0 Å². The van der Waals surface area contributed by atoms with Crippen molar-refractivity contribution in [2.75, 3.05) is 6.54 Å². The monoisotopic (exact) mass is 335 g/mol. The Labute approximate surface area is 115 Å². The average molecular weight is 336 g/mol. The van der Waals surface area contributed by atoms with Crippen LogP contribution in [0.4, 0.5) is 0 Å². The van der Waals surface area contributed by atoms with Gasteiger partial charge in [-0.15, -0.1) is 0 Å². The molecule has 0 aromatic heterocycles. The second-order valence-corrected chi connectivity index (χ2v) is 3.77. The van der Waals surface area contributed by atoms with E-state index in [0.29, 0.717) is 19.4 Å². The fraction of sp³-hybridized carbons (Fsp3) is 0.667. The van der Waals surface area contributed by atoms with E-state index in [2.05, 4.69) is 5.32 Å². The number of nitrogens with one attached hydrogen (secondary N) is 2. The Kier molecular flexibility index (Phi) is 13.9. The number of carbonyl (C=O) groups is 1. The maximum Gasteiger partial charge on any atom is 0.394 e. The summed E-state index contributed by atoms with van der Waals surface area (Å²) in [6, 6.07) is -0.821. The van der Waals surface area contributed by atoms with Gasteiger partial charge in [-0.05, 0) is 12.8 Å². The van der Waals surface area contributed by atoms with Crippen LogP contribution in [0, 0.1) is 5.41 Å². The van der Waals surface area contributed by atoms with E-state index in [-0.39, 0.29) is 23.0 Å². The molecule has 0 aromatic rings. The van der Waals surface area contributed by atoms with E-state index >= 15 is 0 Å². The molecular formula is C6H16CuN4O6S. The largest absolute Gasteiger partial charge is 0.480 e. The minimum Gasteiger partial charge on any atom is -0.480 e. The third-order valence-corrected chi connectivity index (χ3v) is 1.32. The summed E-state index contributed by atoms with van der Waals surface area (Å²) in [5, 5.41) is 17.7. The fourth-order valence-corrected chi connectivity index (χ4v) is 0.669. The molecule has 1 atom stereocenters. The molecule has 18 heavy (non-hydrogen) atoms. The number of guanidine groups is 1. The van der Waals surface area contributed by atoms with Crippen molar-refractivity contribution in [1.29, 1.82) is 5.41 Å². The van der Waals surface area contributed by atoms with Gasteiger partial charge in [0.15, 0.2) is 5.96 Å². The molecule has 0 bridgehead atoms. The number of nitrogens with two attached hydrogens (primary N) is 2. The van der Waals surface area contributed by atoms with E-state index in [1.54, 1.807) is 0 Å². The van der Waals surface area contributed by atoms with Gasteiger partial charge in [0.05, 0.1) is 0 Å². The van der Waals surface area contributed by atoms with Crippen LogP contribution in [-0.2, 0) is 32.3 Å². The average Bonchev–Trinajstić information content (AvgIpc) is 2.08. The van der Waals surface area contributed by atoms with Crippen molar-refractivity contribution in [2.24, 2.45) is 11.5 Å². The summed E-state index contributed by atoms with van der Waals surface area (Å²) in [7, 11) is -4.67. The molecule has 0 aliphatic rings. The minimum absolute atomic E-state index is 0. The number of aliphatic carboxylic acids is 1. The van der Waals surface area contributed by atoms with Crippen LogP contribution < -0.4 is 16.8 Å². The maximum atomic E-state index is 10.2. The topological polar surface area (TPSA) is 200 Å². The van der Waals surface area contributed by atoms with Gasteiger partial charge in [-0.3, -0.25) is 19.3 Å². The molecule has 0 aliphatic heterocycles. The number of rotatable bonds is 5. The van der Waals surface area contributed by atoms with Gasteiger partial charge in [-0.25, -0.2) is 0 Å². The van der Waals surface area contributed by atoms with Crippen LogP contribution in [0.5, 0.6) is 0 Å². The van der Waals surface area contributed by atoms with E-state index < -0.39 is 22.4 Å². The first-order valence-electron chi connectivity index (χ1n) is 4.30. The number of hydrogen-bond acceptors (Lipinski definition) is 5. The van der Waals surface area contributed by atoms with Crippen molar-refractivity contribution in [1.82, 2.24) is 5.32 Å². The first-order valence-corrected chi connectivity index (χ1v) is 5.70. The van der Waals surface area contributed by atoms with E-state index in [1.165, 1.54) is 0 Å². The van der Waals surface area contributed by atoms with Crippen LogP contribution in [0.25, 0.3) is 0 Å². The zero-order valence-corrected chi connectivity index (χ0v) is 10.9. The summed E-state index contributed by atoms with van der Waals surface area (Å²) in [5.41, 5.74) is 10.2. The zero-order valence-electron chi connectivity index (χ0n) is 9.13. The number of carboxylic acids is 1. The van der Waals surface area contributed by atoms with E-state index in [4.69, 9.17) is 39.5 Å². The number of hydrogen-bond donors (Lipinski definition) is 7. The van der Waals surface area contributed by atoms with Crippen molar-refractivity contribution in [3.05, 3.63) is 0 Å². The molecule has 0 aliphatic carbocycles. The first kappa shape index (κ1) is 22.3. The summed E-state index contributed by atoms with van der Waals surface area (Å²) < 4.78 is 31.6. The molecule has 0 amide bonds. The Hall–Kier alpha value is -0.911. The van der Waals surface area contributed by atoms with Crippen LogP contribution in [0.2, 0.25) is 0 Å². The predicted octanol–water partition coefficient (Wildman–Crippen LogP) is -1.99. The van der Waals surface area contributed by atoms with Gasteiger partial charge in [-0.2, -0.15) is 8.42 Å². The summed E-state index contributed by atoms with van der Waals surface area (Å²) in [5.74, 6) is -1.11. The molecule has 0 unspecified atom stereocenters. The predicted molar refractivity (Wildman–Crippen MR) is 58.9 cm³/mol. The van der Waals surface area contributed by atoms with Gasteiger partial charge in [0.1, 0.15) is 6.04 Å². The maximum absolute atomic E-state index is 10.2. The minimum atomic E-state index is -4.67. The first-order chi connectivity index (χ1) is 7.54. The summed E-state index contributed by atoms with van der Waals surface area (Å²) in [6.45, 7) is 0.482. The standard InChI is InChI=1S/C6H14N4O2.Cu.H2O4S/c7-4(5(11)12)2-1-3-10-6(8)9;;1-5(2,3)4/h4H,1-3,7H2,(H,11,12)(H4,8,9,10);;(H2,1,2,3,4)/t4-;;/m0../s1. The van der Waals surface area contributed by atoms with Crippen LogP contribution >= 0.6 is 0 Å². The SMILES string of the molecule is N=C(N)NCCC[C@H](N)C(=O)O.O=S(=O)(O)O.[Cu]. The van der Waals surface area contributed by atoms with Crippen LogP contribution in [-0.4, -0.2) is 47.1 Å². The summed E-state index contributed by atoms with van der Waals surface area (Å²) in [6.07, 6.45) is 0.975. The third-order valence-electron chi connectivity index (χ3n) is 1.32. The van der Waals surface area contributed by atoms with Crippen LogP contribution in [0.1, 0.15) is 12.8 Å². The molecule has 0 fully saturated rings. The van der Waals surface area contributed by atoms with E-state index in [0.717, 1.165) is 0 Å². The van der Waals surface area contributed by atoms with Crippen LogP contribution in [0.3, 0.4) is 0 Å². The van der Waals surface area contributed by atoms with Crippen molar-refractivity contribution in [2.45, 2.75) is 18.9 Å². The van der Waals surface area contributed by atoms with Gasteiger partial charge < -0.3 is 21.9 Å². The molecule has 12 heteroatoms. The molecule has 9 N–H and O–H groups in total. The van der Waals surface area contributed by atoms with Crippen molar-refractivity contribution in [3.8, 4) is 0 Å².